The summed E-state index contributed by atoms with van der Waals surface area (Å²) < 4.78 is 0. The highest BCUT2D eigenvalue weighted by atomic mass is 32.2. The van der Waals surface area contributed by atoms with Gasteiger partial charge in [-0.15, -0.1) is 11.8 Å². The van der Waals surface area contributed by atoms with Crippen molar-refractivity contribution in [2.75, 3.05) is 25.4 Å². The van der Waals surface area contributed by atoms with Gasteiger partial charge < -0.3 is 14.9 Å². The van der Waals surface area contributed by atoms with Crippen molar-refractivity contribution in [3.05, 3.63) is 35.9 Å². The van der Waals surface area contributed by atoms with Gasteiger partial charge in [0.1, 0.15) is 6.10 Å². The number of likely N-dealkylation sites (tertiary alicyclic amines) is 2. The number of amides is 2. The molecule has 3 heterocycles. The maximum atomic E-state index is 12.6. The fourth-order valence-corrected chi connectivity index (χ4v) is 5.39. The van der Waals surface area contributed by atoms with E-state index in [1.54, 1.807) is 16.7 Å². The van der Waals surface area contributed by atoms with E-state index in [0.717, 1.165) is 30.7 Å². The minimum absolute atomic E-state index is 0.120. The Morgan fingerprint density at radius 3 is 2.72 bits per heavy atom. The van der Waals surface area contributed by atoms with Crippen molar-refractivity contribution in [2.45, 2.75) is 36.7 Å². The summed E-state index contributed by atoms with van der Waals surface area (Å²) in [5.41, 5.74) is 0.959. The van der Waals surface area contributed by atoms with E-state index in [1.807, 2.05) is 35.2 Å². The molecule has 3 aliphatic heterocycles. The fraction of sp³-hybridized carbons (Fsp3) is 0.579. The average molecular weight is 360 g/mol. The van der Waals surface area contributed by atoms with E-state index >= 15 is 0 Å². The number of hydrogen-bond acceptors (Lipinski definition) is 4. The van der Waals surface area contributed by atoms with Crippen LogP contribution in [-0.4, -0.2) is 69.5 Å². The summed E-state index contributed by atoms with van der Waals surface area (Å²) in [6, 6.07) is 9.74. The maximum Gasteiger partial charge on any atom is 0.251 e. The molecule has 3 aliphatic rings. The first-order valence-corrected chi connectivity index (χ1v) is 10.1. The zero-order valence-corrected chi connectivity index (χ0v) is 15.0. The van der Waals surface area contributed by atoms with E-state index in [-0.39, 0.29) is 23.1 Å². The highest BCUT2D eigenvalue weighted by Crippen LogP contribution is 2.36. The summed E-state index contributed by atoms with van der Waals surface area (Å²) in [5, 5.41) is 10.4. The van der Waals surface area contributed by atoms with Crippen molar-refractivity contribution in [3.63, 3.8) is 0 Å². The summed E-state index contributed by atoms with van der Waals surface area (Å²) in [6.45, 7) is 1.99. The van der Waals surface area contributed by atoms with Crippen LogP contribution in [0.2, 0.25) is 0 Å². The van der Waals surface area contributed by atoms with E-state index in [9.17, 15) is 14.7 Å². The van der Waals surface area contributed by atoms with E-state index in [2.05, 4.69) is 0 Å². The molecule has 1 N–H and O–H groups in total. The Hall–Kier alpha value is -1.53. The Kier molecular flexibility index (Phi) is 4.73. The van der Waals surface area contributed by atoms with Gasteiger partial charge in [0.15, 0.2) is 0 Å². The molecule has 0 saturated carbocycles. The van der Waals surface area contributed by atoms with E-state index in [1.165, 1.54) is 0 Å². The number of thioether (sulfide) groups is 1. The maximum absolute atomic E-state index is 12.6. The largest absolute Gasteiger partial charge is 0.383 e. The molecule has 1 aromatic rings. The Morgan fingerprint density at radius 1 is 1.20 bits per heavy atom. The normalized spacial score (nSPS) is 29.2. The number of nitrogens with zero attached hydrogens (tertiary/aromatic N) is 2. The Balaban J connectivity index is 1.33. The summed E-state index contributed by atoms with van der Waals surface area (Å²) >= 11 is 1.76. The molecule has 0 aliphatic carbocycles. The first-order valence-electron chi connectivity index (χ1n) is 9.06. The van der Waals surface area contributed by atoms with Gasteiger partial charge in [-0.25, -0.2) is 0 Å². The third-order valence-electron chi connectivity index (χ3n) is 5.59. The Bertz CT molecular complexity index is 647. The molecule has 4 rings (SSSR count). The standard InChI is InChI=1S/C19H24N2O3S/c22-16(9-13-5-2-1-3-6-13)18(23)20-10-14-11-21(15(14)12-20)19(24)17-7-4-8-25-17/h1-3,5-6,14-17,22H,4,7-12H2. The molecule has 4 atom stereocenters. The lowest BCUT2D eigenvalue weighted by Crippen LogP contribution is -2.59. The van der Waals surface area contributed by atoms with Gasteiger partial charge in [-0.1, -0.05) is 30.3 Å². The van der Waals surface area contributed by atoms with E-state index in [0.29, 0.717) is 25.4 Å². The van der Waals surface area contributed by atoms with Gasteiger partial charge in [-0.05, 0) is 24.2 Å². The summed E-state index contributed by atoms with van der Waals surface area (Å²) in [6.07, 6.45) is 1.44. The topological polar surface area (TPSA) is 60.9 Å². The van der Waals surface area contributed by atoms with Crippen molar-refractivity contribution < 1.29 is 14.7 Å². The van der Waals surface area contributed by atoms with Crippen molar-refractivity contribution >= 4 is 23.6 Å². The molecule has 0 spiro atoms. The van der Waals surface area contributed by atoms with Crippen LogP contribution in [0.3, 0.4) is 0 Å². The van der Waals surface area contributed by atoms with Gasteiger partial charge >= 0.3 is 0 Å². The highest BCUT2D eigenvalue weighted by Gasteiger charge is 2.50. The second kappa shape index (κ2) is 7.00. The van der Waals surface area contributed by atoms with Gasteiger partial charge in [0, 0.05) is 32.0 Å². The predicted molar refractivity (Wildman–Crippen MR) is 97.2 cm³/mol. The van der Waals surface area contributed by atoms with Gasteiger partial charge in [0.25, 0.3) is 5.91 Å². The molecule has 6 heteroatoms. The minimum atomic E-state index is -1.01. The van der Waals surface area contributed by atoms with Crippen molar-refractivity contribution in [1.29, 1.82) is 0 Å². The number of benzene rings is 1. The summed E-state index contributed by atoms with van der Waals surface area (Å²) in [4.78, 5) is 28.9. The molecule has 3 saturated heterocycles. The van der Waals surface area contributed by atoms with Crippen LogP contribution in [0.15, 0.2) is 30.3 Å². The number of fused-ring (bicyclic) bond motifs is 1. The second-order valence-corrected chi connectivity index (χ2v) is 8.58. The quantitative estimate of drug-likeness (QED) is 0.875. The van der Waals surface area contributed by atoms with Gasteiger partial charge in [-0.3, -0.25) is 9.59 Å². The zero-order chi connectivity index (χ0) is 17.4. The van der Waals surface area contributed by atoms with Crippen LogP contribution < -0.4 is 0 Å². The van der Waals surface area contributed by atoms with E-state index in [4.69, 9.17) is 0 Å². The van der Waals surface area contributed by atoms with Gasteiger partial charge in [-0.2, -0.15) is 0 Å². The summed E-state index contributed by atoms with van der Waals surface area (Å²) in [7, 11) is 0. The lowest BCUT2D eigenvalue weighted by molar-refractivity contribution is -0.141. The van der Waals surface area contributed by atoms with Crippen LogP contribution in [0.1, 0.15) is 18.4 Å². The SMILES string of the molecule is O=C(C(O)Cc1ccccc1)N1CC2CN(C(=O)C3CCCS3)C2C1. The average Bonchev–Trinajstić information content (AvgIpc) is 3.24. The number of rotatable bonds is 4. The van der Waals surface area contributed by atoms with Crippen LogP contribution >= 0.6 is 11.8 Å². The number of carbonyl (C=O) groups excluding carboxylic acids is 2. The third kappa shape index (κ3) is 3.29. The van der Waals surface area contributed by atoms with Crippen molar-refractivity contribution in [3.8, 4) is 0 Å². The molecule has 134 valence electrons. The minimum Gasteiger partial charge on any atom is -0.383 e. The van der Waals surface area contributed by atoms with E-state index < -0.39 is 6.10 Å². The molecule has 0 bridgehead atoms. The third-order valence-corrected chi connectivity index (χ3v) is 6.96. The first kappa shape index (κ1) is 16.9. The van der Waals surface area contributed by atoms with Crippen molar-refractivity contribution in [1.82, 2.24) is 9.80 Å². The zero-order valence-electron chi connectivity index (χ0n) is 14.2. The molecule has 4 unspecified atom stereocenters. The smallest absolute Gasteiger partial charge is 0.251 e. The Morgan fingerprint density at radius 2 is 2.00 bits per heavy atom. The van der Waals surface area contributed by atoms with Gasteiger partial charge in [0.05, 0.1) is 11.3 Å². The molecule has 1 aromatic carbocycles. The second-order valence-electron chi connectivity index (χ2n) is 7.27. The molecule has 5 nitrogen and oxygen atoms in total. The monoisotopic (exact) mass is 360 g/mol. The molecular formula is C19H24N2O3S. The lowest BCUT2D eigenvalue weighted by atomic mass is 9.91. The van der Waals surface area contributed by atoms with Gasteiger partial charge in [0.2, 0.25) is 5.91 Å². The summed E-state index contributed by atoms with van der Waals surface area (Å²) in [5.74, 6) is 1.50. The van der Waals surface area contributed by atoms with Crippen LogP contribution in [0.25, 0.3) is 0 Å². The highest BCUT2D eigenvalue weighted by molar-refractivity contribution is 8.00. The predicted octanol–water partition coefficient (Wildman–Crippen LogP) is 1.15. The molecule has 3 fully saturated rings. The molecule has 0 aromatic heterocycles. The number of carbonyl (C=O) groups is 2. The van der Waals surface area contributed by atoms with Crippen LogP contribution in [0.4, 0.5) is 0 Å². The molecule has 25 heavy (non-hydrogen) atoms. The molecular weight excluding hydrogens is 336 g/mol. The number of aliphatic hydroxyl groups excluding tert-OH is 1. The van der Waals surface area contributed by atoms with Crippen LogP contribution in [0, 0.1) is 5.92 Å². The number of hydrogen-bond donors (Lipinski definition) is 1. The van der Waals surface area contributed by atoms with Crippen LogP contribution in [-0.2, 0) is 16.0 Å². The molecule has 0 radical (unpaired) electrons. The first-order chi connectivity index (χ1) is 12.1. The Labute approximate surface area is 152 Å². The lowest BCUT2D eigenvalue weighted by Gasteiger charge is -2.44. The number of aliphatic hydroxyl groups is 1. The van der Waals surface area contributed by atoms with Crippen molar-refractivity contribution in [2.24, 2.45) is 5.92 Å². The molecule has 2 amide bonds. The fourth-order valence-electron chi connectivity index (χ4n) is 4.16. The van der Waals surface area contributed by atoms with Crippen LogP contribution in [0.5, 0.6) is 0 Å².